The Morgan fingerprint density at radius 3 is 2.70 bits per heavy atom. The lowest BCUT2D eigenvalue weighted by Crippen LogP contribution is -2.20. The fourth-order valence-electron chi connectivity index (χ4n) is 2.03. The van der Waals surface area contributed by atoms with E-state index in [1.807, 2.05) is 48.5 Å². The van der Waals surface area contributed by atoms with Gasteiger partial charge in [0.2, 0.25) is 0 Å². The molecule has 0 fully saturated rings. The first-order chi connectivity index (χ1) is 9.74. The van der Waals surface area contributed by atoms with Gasteiger partial charge in [0.25, 0.3) is 0 Å². The highest BCUT2D eigenvalue weighted by molar-refractivity contribution is 9.10. The molecule has 2 aromatic rings. The predicted molar refractivity (Wildman–Crippen MR) is 79.3 cm³/mol. The number of benzene rings is 1. The van der Waals surface area contributed by atoms with Gasteiger partial charge in [0.15, 0.2) is 0 Å². The predicted octanol–water partition coefficient (Wildman–Crippen LogP) is 2.82. The summed E-state index contributed by atoms with van der Waals surface area (Å²) in [6.07, 6.45) is 2.42. The molecule has 0 radical (unpaired) electrons. The van der Waals surface area contributed by atoms with Crippen LogP contribution in [0.15, 0.2) is 59.2 Å². The van der Waals surface area contributed by atoms with Crippen molar-refractivity contribution in [3.05, 3.63) is 70.5 Å². The molecule has 0 aliphatic carbocycles. The Bertz CT molecular complexity index is 614. The first-order valence-corrected chi connectivity index (χ1v) is 7.02. The number of aliphatic hydroxyl groups is 1. The van der Waals surface area contributed by atoms with Crippen molar-refractivity contribution in [3.8, 4) is 0 Å². The van der Waals surface area contributed by atoms with Crippen LogP contribution >= 0.6 is 15.9 Å². The maximum Gasteiger partial charge on any atom is 0.136 e. The summed E-state index contributed by atoms with van der Waals surface area (Å²) in [5.41, 5.74) is 5.17. The van der Waals surface area contributed by atoms with E-state index in [-0.39, 0.29) is 0 Å². The Morgan fingerprint density at radius 1 is 1.20 bits per heavy atom. The van der Waals surface area contributed by atoms with Crippen LogP contribution in [0, 0.1) is 0 Å². The van der Waals surface area contributed by atoms with Gasteiger partial charge in [-0.05, 0) is 39.7 Å². The van der Waals surface area contributed by atoms with E-state index >= 15 is 0 Å². The van der Waals surface area contributed by atoms with Gasteiger partial charge in [-0.2, -0.15) is 0 Å². The first kappa shape index (κ1) is 13.3. The lowest BCUT2D eigenvalue weighted by Gasteiger charge is -2.15. The molecule has 4 nitrogen and oxygen atoms in total. The molecule has 1 aromatic heterocycles. The van der Waals surface area contributed by atoms with Crippen molar-refractivity contribution < 1.29 is 9.94 Å². The minimum absolute atomic E-state index is 0.433. The number of aliphatic hydroxyl groups excluding tert-OH is 1. The molecule has 102 valence electrons. The van der Waals surface area contributed by atoms with Gasteiger partial charge < -0.3 is 5.11 Å². The summed E-state index contributed by atoms with van der Waals surface area (Å²) in [4.78, 5) is 9.71. The number of aromatic nitrogens is 1. The fourth-order valence-corrected chi connectivity index (χ4v) is 2.27. The zero-order valence-corrected chi connectivity index (χ0v) is 12.1. The molecule has 0 spiro atoms. The summed E-state index contributed by atoms with van der Waals surface area (Å²) in [5, 5.41) is 10.3. The third-order valence-corrected chi connectivity index (χ3v) is 3.56. The summed E-state index contributed by atoms with van der Waals surface area (Å²) in [7, 11) is 0. The minimum Gasteiger partial charge on any atom is -0.385 e. The maximum atomic E-state index is 10.3. The van der Waals surface area contributed by atoms with Crippen LogP contribution in [0.2, 0.25) is 0 Å². The van der Waals surface area contributed by atoms with E-state index in [0.717, 1.165) is 21.4 Å². The van der Waals surface area contributed by atoms with Gasteiger partial charge in [-0.3, -0.25) is 15.3 Å². The van der Waals surface area contributed by atoms with E-state index in [1.54, 1.807) is 6.20 Å². The Labute approximate surface area is 125 Å². The summed E-state index contributed by atoms with van der Waals surface area (Å²) in [6.45, 7) is 0. The van der Waals surface area contributed by atoms with E-state index in [0.29, 0.717) is 0 Å². The van der Waals surface area contributed by atoms with Crippen molar-refractivity contribution in [1.29, 1.82) is 0 Å². The quantitative estimate of drug-likeness (QED) is 0.907. The topological polar surface area (TPSA) is 54.4 Å². The Morgan fingerprint density at radius 2 is 2.00 bits per heavy atom. The highest BCUT2D eigenvalue weighted by Crippen LogP contribution is 2.26. The summed E-state index contributed by atoms with van der Waals surface area (Å²) < 4.78 is 0.918. The van der Waals surface area contributed by atoms with Crippen molar-refractivity contribution in [2.24, 2.45) is 0 Å². The minimum atomic E-state index is -0.711. The Balaban J connectivity index is 1.79. The van der Waals surface area contributed by atoms with Crippen molar-refractivity contribution in [3.63, 3.8) is 0 Å². The van der Waals surface area contributed by atoms with E-state index in [9.17, 15) is 5.11 Å². The molecule has 0 saturated carbocycles. The molecule has 2 N–H and O–H groups in total. The van der Waals surface area contributed by atoms with Crippen LogP contribution in [0.4, 0.5) is 0 Å². The van der Waals surface area contributed by atoms with Crippen molar-refractivity contribution in [2.75, 3.05) is 0 Å². The van der Waals surface area contributed by atoms with E-state index < -0.39 is 12.2 Å². The van der Waals surface area contributed by atoms with Crippen molar-refractivity contribution in [2.45, 2.75) is 12.2 Å². The highest BCUT2D eigenvalue weighted by atomic mass is 79.9. The zero-order valence-electron chi connectivity index (χ0n) is 10.5. The SMILES string of the molecule is OC(c1ccccc1)C1C=C(c2ccc(Br)cn2)NO1. The smallest absolute Gasteiger partial charge is 0.136 e. The van der Waals surface area contributed by atoms with Crippen LogP contribution in [0.5, 0.6) is 0 Å². The average molecular weight is 333 g/mol. The summed E-state index contributed by atoms with van der Waals surface area (Å²) in [5.74, 6) is 0. The third-order valence-electron chi connectivity index (χ3n) is 3.09. The monoisotopic (exact) mass is 332 g/mol. The number of nitrogens with zero attached hydrogens (tertiary/aromatic N) is 1. The molecular weight excluding hydrogens is 320 g/mol. The van der Waals surface area contributed by atoms with Crippen LogP contribution in [0.1, 0.15) is 17.4 Å². The fraction of sp³-hybridized carbons (Fsp3) is 0.133. The first-order valence-electron chi connectivity index (χ1n) is 6.22. The summed E-state index contributed by atoms with van der Waals surface area (Å²) in [6, 6.07) is 13.2. The maximum absolute atomic E-state index is 10.3. The molecule has 0 amide bonds. The largest absolute Gasteiger partial charge is 0.385 e. The number of hydrogen-bond acceptors (Lipinski definition) is 4. The molecular formula is C15H13BrN2O2. The molecule has 3 rings (SSSR count). The lowest BCUT2D eigenvalue weighted by atomic mass is 10.0. The Kier molecular flexibility index (Phi) is 3.82. The molecule has 1 aliphatic rings. The molecule has 1 aromatic carbocycles. The van der Waals surface area contributed by atoms with Crippen LogP contribution in [0.3, 0.4) is 0 Å². The van der Waals surface area contributed by atoms with E-state index in [4.69, 9.17) is 4.84 Å². The molecule has 5 heteroatoms. The van der Waals surface area contributed by atoms with E-state index in [1.165, 1.54) is 0 Å². The number of hydroxylamine groups is 1. The van der Waals surface area contributed by atoms with Gasteiger partial charge in [0.05, 0.1) is 11.4 Å². The zero-order chi connectivity index (χ0) is 13.9. The van der Waals surface area contributed by atoms with Crippen molar-refractivity contribution in [1.82, 2.24) is 10.5 Å². The number of rotatable bonds is 3. The Hall–Kier alpha value is -1.69. The van der Waals surface area contributed by atoms with Crippen LogP contribution in [-0.2, 0) is 4.84 Å². The second-order valence-electron chi connectivity index (χ2n) is 4.48. The number of pyridine rings is 1. The molecule has 0 bridgehead atoms. The normalized spacial score (nSPS) is 19.3. The van der Waals surface area contributed by atoms with Gasteiger partial charge >= 0.3 is 0 Å². The van der Waals surface area contributed by atoms with Gasteiger partial charge in [-0.1, -0.05) is 30.3 Å². The van der Waals surface area contributed by atoms with Crippen molar-refractivity contribution >= 4 is 21.6 Å². The summed E-state index contributed by atoms with van der Waals surface area (Å²) >= 11 is 3.35. The molecule has 0 saturated heterocycles. The van der Waals surface area contributed by atoms with Gasteiger partial charge in [0, 0.05) is 10.7 Å². The standard InChI is InChI=1S/C15H13BrN2O2/c16-11-6-7-12(17-9-11)13-8-14(20-18-13)15(19)10-4-2-1-3-5-10/h1-9,14-15,18-19H. The molecule has 1 aliphatic heterocycles. The number of hydrogen-bond donors (Lipinski definition) is 2. The molecule has 2 atom stereocenters. The number of halogens is 1. The van der Waals surface area contributed by atoms with Crippen LogP contribution in [0.25, 0.3) is 5.70 Å². The van der Waals surface area contributed by atoms with Gasteiger partial charge in [-0.15, -0.1) is 0 Å². The molecule has 2 unspecified atom stereocenters. The van der Waals surface area contributed by atoms with Gasteiger partial charge in [0.1, 0.15) is 12.2 Å². The van der Waals surface area contributed by atoms with Crippen LogP contribution in [-0.4, -0.2) is 16.2 Å². The number of nitrogens with one attached hydrogen (secondary N) is 1. The van der Waals surface area contributed by atoms with Gasteiger partial charge in [-0.25, -0.2) is 0 Å². The average Bonchev–Trinajstić information content (AvgIpc) is 2.98. The second-order valence-corrected chi connectivity index (χ2v) is 5.40. The second kappa shape index (κ2) is 5.75. The highest BCUT2D eigenvalue weighted by Gasteiger charge is 2.26. The third kappa shape index (κ3) is 2.75. The molecule has 20 heavy (non-hydrogen) atoms. The van der Waals surface area contributed by atoms with Crippen LogP contribution < -0.4 is 5.48 Å². The molecule has 2 heterocycles. The lowest BCUT2D eigenvalue weighted by molar-refractivity contribution is -0.0299. The van der Waals surface area contributed by atoms with E-state index in [2.05, 4.69) is 26.4 Å².